The molecule has 1 heterocycles. The molecule has 1 fully saturated rings. The first-order valence-electron chi connectivity index (χ1n) is 4.91. The molecule has 1 N–H and O–H groups in total. The Morgan fingerprint density at radius 1 is 1.42 bits per heavy atom. The minimum Gasteiger partial charge on any atom is -0.394 e. The van der Waals surface area contributed by atoms with Crippen LogP contribution in [0.1, 0.15) is 33.6 Å². The van der Waals surface area contributed by atoms with E-state index in [-0.39, 0.29) is 12.7 Å². The lowest BCUT2D eigenvalue weighted by Crippen LogP contribution is -2.38. The third-order valence-corrected chi connectivity index (χ3v) is 2.81. The van der Waals surface area contributed by atoms with Crippen LogP contribution in [0.25, 0.3) is 0 Å². The number of aliphatic hydroxyl groups is 1. The van der Waals surface area contributed by atoms with Gasteiger partial charge in [-0.2, -0.15) is 0 Å². The van der Waals surface area contributed by atoms with E-state index in [2.05, 4.69) is 20.8 Å². The van der Waals surface area contributed by atoms with Gasteiger partial charge in [0.25, 0.3) is 0 Å². The van der Waals surface area contributed by atoms with E-state index in [0.717, 1.165) is 6.42 Å². The third-order valence-electron chi connectivity index (χ3n) is 2.81. The Labute approximate surface area is 74.9 Å². The Kier molecular flexibility index (Phi) is 3.53. The molecule has 0 saturated carbocycles. The van der Waals surface area contributed by atoms with Gasteiger partial charge in [-0.05, 0) is 24.7 Å². The molecule has 0 radical (unpaired) electrons. The summed E-state index contributed by atoms with van der Waals surface area (Å²) in [6, 6.07) is 0. The first-order chi connectivity index (χ1) is 5.65. The lowest BCUT2D eigenvalue weighted by Gasteiger charge is -2.35. The van der Waals surface area contributed by atoms with Crippen LogP contribution in [0.4, 0.5) is 0 Å². The molecule has 1 rings (SSSR count). The summed E-state index contributed by atoms with van der Waals surface area (Å²) in [6.07, 6.45) is 2.77. The van der Waals surface area contributed by atoms with Gasteiger partial charge in [-0.1, -0.05) is 20.8 Å². The number of hydrogen-bond acceptors (Lipinski definition) is 2. The zero-order valence-electron chi connectivity index (χ0n) is 8.29. The zero-order chi connectivity index (χ0) is 9.14. The van der Waals surface area contributed by atoms with E-state index in [4.69, 9.17) is 9.84 Å². The second kappa shape index (κ2) is 4.24. The second-order valence-corrected chi connectivity index (χ2v) is 4.19. The van der Waals surface area contributed by atoms with Crippen molar-refractivity contribution in [3.63, 3.8) is 0 Å². The minimum atomic E-state index is 0.0751. The molecule has 0 aliphatic carbocycles. The molecule has 0 spiro atoms. The Balaban J connectivity index is 2.44. The number of rotatable bonds is 2. The van der Waals surface area contributed by atoms with Gasteiger partial charge in [0.1, 0.15) is 0 Å². The summed E-state index contributed by atoms with van der Waals surface area (Å²) in [4.78, 5) is 0. The SMILES string of the molecule is CC(C)C1CCC(C)C(CO)O1. The van der Waals surface area contributed by atoms with Gasteiger partial charge in [-0.25, -0.2) is 0 Å². The van der Waals surface area contributed by atoms with E-state index >= 15 is 0 Å². The van der Waals surface area contributed by atoms with Gasteiger partial charge >= 0.3 is 0 Å². The molecule has 0 aromatic carbocycles. The van der Waals surface area contributed by atoms with Crippen LogP contribution >= 0.6 is 0 Å². The quantitative estimate of drug-likeness (QED) is 0.688. The third kappa shape index (κ3) is 2.20. The number of aliphatic hydroxyl groups excluding tert-OH is 1. The molecule has 3 unspecified atom stereocenters. The summed E-state index contributed by atoms with van der Waals surface area (Å²) < 4.78 is 5.76. The molecule has 72 valence electrons. The summed E-state index contributed by atoms with van der Waals surface area (Å²) in [7, 11) is 0. The summed E-state index contributed by atoms with van der Waals surface area (Å²) in [5, 5.41) is 9.04. The molecule has 0 bridgehead atoms. The maximum absolute atomic E-state index is 9.04. The molecule has 0 aromatic rings. The standard InChI is InChI=1S/C10H20O2/c1-7(2)9-5-4-8(3)10(6-11)12-9/h7-11H,4-6H2,1-3H3. The van der Waals surface area contributed by atoms with Crippen molar-refractivity contribution in [3.8, 4) is 0 Å². The van der Waals surface area contributed by atoms with Crippen molar-refractivity contribution in [1.29, 1.82) is 0 Å². The Bertz CT molecular complexity index is 134. The van der Waals surface area contributed by atoms with Crippen molar-refractivity contribution in [2.45, 2.75) is 45.8 Å². The first-order valence-corrected chi connectivity index (χ1v) is 4.91. The Morgan fingerprint density at radius 2 is 2.08 bits per heavy atom. The summed E-state index contributed by atoms with van der Waals surface area (Å²) in [6.45, 7) is 6.67. The fourth-order valence-electron chi connectivity index (χ4n) is 1.75. The zero-order valence-corrected chi connectivity index (χ0v) is 8.29. The van der Waals surface area contributed by atoms with Crippen LogP contribution in [0.5, 0.6) is 0 Å². The van der Waals surface area contributed by atoms with E-state index in [1.807, 2.05) is 0 Å². The van der Waals surface area contributed by atoms with Gasteiger partial charge in [0.05, 0.1) is 18.8 Å². The van der Waals surface area contributed by atoms with Crippen molar-refractivity contribution in [2.75, 3.05) is 6.61 Å². The maximum atomic E-state index is 9.04. The summed E-state index contributed by atoms with van der Waals surface area (Å²) in [5.74, 6) is 1.09. The van der Waals surface area contributed by atoms with Gasteiger partial charge in [0, 0.05) is 0 Å². The van der Waals surface area contributed by atoms with Crippen LogP contribution in [0, 0.1) is 11.8 Å². The monoisotopic (exact) mass is 172 g/mol. The molecule has 0 amide bonds. The van der Waals surface area contributed by atoms with Gasteiger partial charge in [-0.15, -0.1) is 0 Å². The van der Waals surface area contributed by atoms with Crippen LogP contribution in [0.2, 0.25) is 0 Å². The van der Waals surface area contributed by atoms with E-state index < -0.39 is 0 Å². The molecule has 1 aliphatic rings. The number of ether oxygens (including phenoxy) is 1. The van der Waals surface area contributed by atoms with Gasteiger partial charge in [0.2, 0.25) is 0 Å². The molecule has 2 heteroatoms. The van der Waals surface area contributed by atoms with Crippen molar-refractivity contribution in [3.05, 3.63) is 0 Å². The highest BCUT2D eigenvalue weighted by molar-refractivity contribution is 4.77. The largest absolute Gasteiger partial charge is 0.394 e. The molecule has 3 atom stereocenters. The average Bonchev–Trinajstić information content (AvgIpc) is 2.05. The van der Waals surface area contributed by atoms with Crippen molar-refractivity contribution < 1.29 is 9.84 Å². The highest BCUT2D eigenvalue weighted by atomic mass is 16.5. The molecule has 12 heavy (non-hydrogen) atoms. The summed E-state index contributed by atoms with van der Waals surface area (Å²) in [5.41, 5.74) is 0. The molecule has 0 aromatic heterocycles. The molecule has 1 aliphatic heterocycles. The molecule has 1 saturated heterocycles. The van der Waals surface area contributed by atoms with Crippen molar-refractivity contribution in [1.82, 2.24) is 0 Å². The van der Waals surface area contributed by atoms with E-state index in [9.17, 15) is 0 Å². The minimum absolute atomic E-state index is 0.0751. The number of hydrogen-bond donors (Lipinski definition) is 1. The highest BCUT2D eigenvalue weighted by Crippen LogP contribution is 2.27. The average molecular weight is 172 g/mol. The van der Waals surface area contributed by atoms with E-state index in [0.29, 0.717) is 17.9 Å². The van der Waals surface area contributed by atoms with Crippen LogP contribution < -0.4 is 0 Å². The van der Waals surface area contributed by atoms with Crippen molar-refractivity contribution in [2.24, 2.45) is 11.8 Å². The van der Waals surface area contributed by atoms with Gasteiger partial charge in [-0.3, -0.25) is 0 Å². The van der Waals surface area contributed by atoms with Crippen LogP contribution in [0.15, 0.2) is 0 Å². The van der Waals surface area contributed by atoms with Gasteiger partial charge in [0.15, 0.2) is 0 Å². The Hall–Kier alpha value is -0.0800. The topological polar surface area (TPSA) is 29.5 Å². The fourth-order valence-corrected chi connectivity index (χ4v) is 1.75. The molecular weight excluding hydrogens is 152 g/mol. The van der Waals surface area contributed by atoms with Crippen LogP contribution in [-0.2, 0) is 4.74 Å². The predicted octanol–water partition coefficient (Wildman–Crippen LogP) is 1.82. The summed E-state index contributed by atoms with van der Waals surface area (Å²) >= 11 is 0. The predicted molar refractivity (Wildman–Crippen MR) is 49.0 cm³/mol. The molecular formula is C10H20O2. The van der Waals surface area contributed by atoms with E-state index in [1.165, 1.54) is 6.42 Å². The molecule has 2 nitrogen and oxygen atoms in total. The lowest BCUT2D eigenvalue weighted by atomic mass is 9.90. The fraction of sp³-hybridized carbons (Fsp3) is 1.00. The smallest absolute Gasteiger partial charge is 0.0835 e. The van der Waals surface area contributed by atoms with E-state index in [1.54, 1.807) is 0 Å². The van der Waals surface area contributed by atoms with Gasteiger partial charge < -0.3 is 9.84 Å². The first kappa shape index (κ1) is 10.0. The maximum Gasteiger partial charge on any atom is 0.0835 e. The highest BCUT2D eigenvalue weighted by Gasteiger charge is 2.29. The van der Waals surface area contributed by atoms with Crippen LogP contribution in [-0.4, -0.2) is 23.9 Å². The normalized spacial score (nSPS) is 37.2. The second-order valence-electron chi connectivity index (χ2n) is 4.19. The lowest BCUT2D eigenvalue weighted by molar-refractivity contribution is -0.115. The Morgan fingerprint density at radius 3 is 2.58 bits per heavy atom. The van der Waals surface area contributed by atoms with Crippen LogP contribution in [0.3, 0.4) is 0 Å². The van der Waals surface area contributed by atoms with Crippen molar-refractivity contribution >= 4 is 0 Å².